The second-order valence-corrected chi connectivity index (χ2v) is 8.66. The first-order chi connectivity index (χ1) is 11.9. The van der Waals surface area contributed by atoms with Crippen LogP contribution in [0, 0.1) is 17.8 Å². The van der Waals surface area contributed by atoms with E-state index in [1.807, 2.05) is 0 Å². The Morgan fingerprint density at radius 3 is 2.48 bits per heavy atom. The molecule has 2 heteroatoms. The van der Waals surface area contributed by atoms with Crippen molar-refractivity contribution in [1.29, 1.82) is 0 Å². The van der Waals surface area contributed by atoms with Gasteiger partial charge >= 0.3 is 0 Å². The van der Waals surface area contributed by atoms with Crippen LogP contribution in [0.15, 0.2) is 30.3 Å². The van der Waals surface area contributed by atoms with Gasteiger partial charge in [0.1, 0.15) is 5.60 Å². The Hall–Kier alpha value is -1.30. The number of rotatable bonds is 3. The van der Waals surface area contributed by atoms with E-state index in [-0.39, 0.29) is 11.2 Å². The number of piperidine rings is 1. The van der Waals surface area contributed by atoms with Crippen molar-refractivity contribution in [2.75, 3.05) is 19.6 Å². The van der Waals surface area contributed by atoms with Crippen LogP contribution in [-0.4, -0.2) is 35.7 Å². The van der Waals surface area contributed by atoms with E-state index in [1.165, 1.54) is 44.3 Å². The number of ether oxygens (including phenoxy) is 1. The lowest BCUT2D eigenvalue weighted by atomic mass is 9.88. The van der Waals surface area contributed by atoms with E-state index in [0.29, 0.717) is 0 Å². The second kappa shape index (κ2) is 7.94. The highest BCUT2D eigenvalue weighted by Crippen LogP contribution is 2.34. The number of likely N-dealkylation sites (tertiary alicyclic amines) is 1. The number of hydrogen-bond acceptors (Lipinski definition) is 2. The summed E-state index contributed by atoms with van der Waals surface area (Å²) in [5.41, 5.74) is 1.19. The van der Waals surface area contributed by atoms with E-state index < -0.39 is 0 Å². The molecule has 1 atom stereocenters. The lowest BCUT2D eigenvalue weighted by Gasteiger charge is -2.40. The summed E-state index contributed by atoms with van der Waals surface area (Å²) in [6, 6.07) is 10.9. The van der Waals surface area contributed by atoms with Crippen molar-refractivity contribution in [3.05, 3.63) is 35.9 Å². The molecule has 2 saturated heterocycles. The van der Waals surface area contributed by atoms with E-state index >= 15 is 0 Å². The van der Waals surface area contributed by atoms with Crippen molar-refractivity contribution in [3.8, 4) is 11.8 Å². The van der Waals surface area contributed by atoms with Crippen LogP contribution < -0.4 is 0 Å². The molecule has 0 aromatic heterocycles. The van der Waals surface area contributed by atoms with Gasteiger partial charge < -0.3 is 4.74 Å². The molecule has 0 saturated carbocycles. The Kier molecular flexibility index (Phi) is 5.87. The SMILES string of the molecule is CC1(C)CCC[C@@](C)(C#CCN2CCC(Cc3ccccc3)CC2)O1. The number of benzene rings is 1. The second-order valence-electron chi connectivity index (χ2n) is 8.66. The lowest BCUT2D eigenvalue weighted by molar-refractivity contribution is -0.135. The van der Waals surface area contributed by atoms with Crippen LogP contribution in [0.25, 0.3) is 0 Å². The molecule has 2 fully saturated rings. The van der Waals surface area contributed by atoms with E-state index in [9.17, 15) is 0 Å². The summed E-state index contributed by atoms with van der Waals surface area (Å²) in [6.07, 6.45) is 7.21. The highest BCUT2D eigenvalue weighted by Gasteiger charge is 2.35. The van der Waals surface area contributed by atoms with Crippen molar-refractivity contribution >= 4 is 0 Å². The monoisotopic (exact) mass is 339 g/mol. The molecule has 0 aliphatic carbocycles. The van der Waals surface area contributed by atoms with Gasteiger partial charge in [0, 0.05) is 0 Å². The maximum atomic E-state index is 6.24. The quantitative estimate of drug-likeness (QED) is 0.741. The molecule has 3 rings (SSSR count). The summed E-state index contributed by atoms with van der Waals surface area (Å²) in [5.74, 6) is 7.68. The molecule has 2 heterocycles. The molecule has 0 unspecified atom stereocenters. The topological polar surface area (TPSA) is 12.5 Å². The molecule has 0 spiro atoms. The highest BCUT2D eigenvalue weighted by atomic mass is 16.5. The van der Waals surface area contributed by atoms with E-state index in [0.717, 1.165) is 25.3 Å². The first kappa shape index (κ1) is 18.5. The standard InChI is InChI=1S/C23H33NO/c1-22(2)13-7-14-23(3,25-22)15-8-16-24-17-11-21(12-18-24)19-20-9-5-4-6-10-20/h4-6,9-10,21H,7,11-14,16-19H2,1-3H3/t23-/m0/s1. The Morgan fingerprint density at radius 2 is 1.80 bits per heavy atom. The first-order valence-electron chi connectivity index (χ1n) is 9.91. The molecule has 0 radical (unpaired) electrons. The summed E-state index contributed by atoms with van der Waals surface area (Å²) >= 11 is 0. The Morgan fingerprint density at radius 1 is 1.08 bits per heavy atom. The van der Waals surface area contributed by atoms with Crippen LogP contribution >= 0.6 is 0 Å². The van der Waals surface area contributed by atoms with E-state index in [1.54, 1.807) is 0 Å². The molecule has 0 amide bonds. The third-order valence-corrected chi connectivity index (χ3v) is 5.66. The minimum Gasteiger partial charge on any atom is -0.357 e. The van der Waals surface area contributed by atoms with Crippen molar-refractivity contribution < 1.29 is 4.74 Å². The molecule has 1 aromatic carbocycles. The van der Waals surface area contributed by atoms with Gasteiger partial charge in [-0.05, 0) is 83.9 Å². The van der Waals surface area contributed by atoms with Gasteiger partial charge in [0.25, 0.3) is 0 Å². The minimum absolute atomic E-state index is 0.0303. The fourth-order valence-corrected chi connectivity index (χ4v) is 4.29. The van der Waals surface area contributed by atoms with E-state index in [4.69, 9.17) is 4.74 Å². The van der Waals surface area contributed by atoms with Gasteiger partial charge in [0.2, 0.25) is 0 Å². The normalized spacial score (nSPS) is 27.5. The Labute approximate surface area is 153 Å². The summed E-state index contributed by atoms with van der Waals surface area (Å²) in [4.78, 5) is 2.51. The molecule has 0 bridgehead atoms. The summed E-state index contributed by atoms with van der Waals surface area (Å²) in [5, 5.41) is 0. The van der Waals surface area contributed by atoms with Gasteiger partial charge in [-0.25, -0.2) is 0 Å². The van der Waals surface area contributed by atoms with Crippen molar-refractivity contribution in [1.82, 2.24) is 4.90 Å². The third kappa shape index (κ3) is 5.59. The molecule has 2 nitrogen and oxygen atoms in total. The van der Waals surface area contributed by atoms with Gasteiger partial charge in [-0.15, -0.1) is 0 Å². The average Bonchev–Trinajstić information content (AvgIpc) is 2.56. The third-order valence-electron chi connectivity index (χ3n) is 5.66. The fourth-order valence-electron chi connectivity index (χ4n) is 4.29. The van der Waals surface area contributed by atoms with Crippen molar-refractivity contribution in [2.24, 2.45) is 5.92 Å². The van der Waals surface area contributed by atoms with Crippen LogP contribution in [0.4, 0.5) is 0 Å². The zero-order valence-corrected chi connectivity index (χ0v) is 16.2. The molecule has 1 aromatic rings. The number of hydrogen-bond donors (Lipinski definition) is 0. The van der Waals surface area contributed by atoms with Crippen LogP contribution in [-0.2, 0) is 11.2 Å². The predicted molar refractivity (Wildman–Crippen MR) is 105 cm³/mol. The van der Waals surface area contributed by atoms with Gasteiger partial charge in [0.05, 0.1) is 12.1 Å². The predicted octanol–water partition coefficient (Wildman–Crippen LogP) is 4.68. The smallest absolute Gasteiger partial charge is 0.126 e. The molecule has 2 aliphatic rings. The van der Waals surface area contributed by atoms with Crippen LogP contribution in [0.3, 0.4) is 0 Å². The molecule has 2 aliphatic heterocycles. The van der Waals surface area contributed by atoms with Crippen LogP contribution in [0.2, 0.25) is 0 Å². The lowest BCUT2D eigenvalue weighted by Crippen LogP contribution is -2.42. The maximum Gasteiger partial charge on any atom is 0.126 e. The van der Waals surface area contributed by atoms with Crippen LogP contribution in [0.5, 0.6) is 0 Å². The van der Waals surface area contributed by atoms with Gasteiger partial charge in [-0.3, -0.25) is 4.90 Å². The van der Waals surface area contributed by atoms with Gasteiger partial charge in [0.15, 0.2) is 0 Å². The zero-order valence-electron chi connectivity index (χ0n) is 16.2. The van der Waals surface area contributed by atoms with E-state index in [2.05, 4.69) is 67.8 Å². The molecule has 136 valence electrons. The average molecular weight is 340 g/mol. The molecule has 25 heavy (non-hydrogen) atoms. The number of nitrogens with zero attached hydrogens (tertiary/aromatic N) is 1. The fraction of sp³-hybridized carbons (Fsp3) is 0.652. The zero-order chi connectivity index (χ0) is 17.8. The van der Waals surface area contributed by atoms with Gasteiger partial charge in [-0.2, -0.15) is 0 Å². The summed E-state index contributed by atoms with van der Waals surface area (Å²) < 4.78 is 6.24. The molecular formula is C23H33NO. The Bertz CT molecular complexity index is 604. The largest absolute Gasteiger partial charge is 0.357 e. The van der Waals surface area contributed by atoms with Crippen molar-refractivity contribution in [3.63, 3.8) is 0 Å². The van der Waals surface area contributed by atoms with Crippen molar-refractivity contribution in [2.45, 2.75) is 70.5 Å². The highest BCUT2D eigenvalue weighted by molar-refractivity contribution is 5.17. The van der Waals surface area contributed by atoms with Gasteiger partial charge in [-0.1, -0.05) is 42.2 Å². The Balaban J connectivity index is 1.44. The first-order valence-corrected chi connectivity index (χ1v) is 9.91. The minimum atomic E-state index is -0.257. The maximum absolute atomic E-state index is 6.24. The molecule has 0 N–H and O–H groups in total. The summed E-state index contributed by atoms with van der Waals surface area (Å²) in [7, 11) is 0. The summed E-state index contributed by atoms with van der Waals surface area (Å²) in [6.45, 7) is 9.77. The molecular weight excluding hydrogens is 306 g/mol. The van der Waals surface area contributed by atoms with Crippen LogP contribution in [0.1, 0.15) is 58.4 Å².